The SMILES string of the molecule is CCc1cc(=O)[nH]c(-c2cccc(NC(=O)C3CCNC3)c2)n1.Cl. The van der Waals surface area contributed by atoms with Gasteiger partial charge < -0.3 is 15.6 Å². The van der Waals surface area contributed by atoms with Crippen molar-refractivity contribution in [3.63, 3.8) is 0 Å². The maximum Gasteiger partial charge on any atom is 0.251 e. The van der Waals surface area contributed by atoms with Crippen LogP contribution < -0.4 is 16.2 Å². The number of aromatic amines is 1. The van der Waals surface area contributed by atoms with E-state index < -0.39 is 0 Å². The summed E-state index contributed by atoms with van der Waals surface area (Å²) in [5.41, 5.74) is 2.07. The summed E-state index contributed by atoms with van der Waals surface area (Å²) in [5, 5.41) is 6.12. The van der Waals surface area contributed by atoms with Gasteiger partial charge in [0.05, 0.1) is 5.92 Å². The number of hydrogen-bond acceptors (Lipinski definition) is 4. The van der Waals surface area contributed by atoms with Gasteiger partial charge in [-0.1, -0.05) is 19.1 Å². The molecule has 0 saturated carbocycles. The number of H-pyrrole nitrogens is 1. The van der Waals surface area contributed by atoms with Crippen molar-refractivity contribution < 1.29 is 4.79 Å². The molecule has 0 aliphatic carbocycles. The molecule has 7 heteroatoms. The van der Waals surface area contributed by atoms with Gasteiger partial charge in [-0.3, -0.25) is 9.59 Å². The highest BCUT2D eigenvalue weighted by Gasteiger charge is 2.22. The van der Waals surface area contributed by atoms with E-state index in [1.807, 2.05) is 31.2 Å². The molecule has 1 amide bonds. The predicted octanol–water partition coefficient (Wildman–Crippen LogP) is 1.97. The molecule has 1 aromatic heterocycles. The second-order valence-corrected chi connectivity index (χ2v) is 5.70. The summed E-state index contributed by atoms with van der Waals surface area (Å²) in [6, 6.07) is 8.88. The molecule has 1 aliphatic heterocycles. The van der Waals surface area contributed by atoms with Gasteiger partial charge in [0.25, 0.3) is 5.56 Å². The second kappa shape index (κ2) is 8.08. The fraction of sp³-hybridized carbons (Fsp3) is 0.353. The Morgan fingerprint density at radius 1 is 1.38 bits per heavy atom. The fourth-order valence-corrected chi connectivity index (χ4v) is 2.69. The first-order valence-corrected chi connectivity index (χ1v) is 7.88. The van der Waals surface area contributed by atoms with Crippen LogP contribution in [-0.2, 0) is 11.2 Å². The highest BCUT2D eigenvalue weighted by atomic mass is 35.5. The van der Waals surface area contributed by atoms with Crippen molar-refractivity contribution >= 4 is 24.0 Å². The summed E-state index contributed by atoms with van der Waals surface area (Å²) in [4.78, 5) is 31.1. The number of aryl methyl sites for hydroxylation is 1. The van der Waals surface area contributed by atoms with Gasteiger partial charge in [-0.25, -0.2) is 4.98 Å². The van der Waals surface area contributed by atoms with Crippen LogP contribution in [0.15, 0.2) is 35.1 Å². The lowest BCUT2D eigenvalue weighted by Crippen LogP contribution is -2.24. The van der Waals surface area contributed by atoms with Crippen molar-refractivity contribution in [3.05, 3.63) is 46.4 Å². The number of nitrogens with one attached hydrogen (secondary N) is 3. The molecule has 0 bridgehead atoms. The van der Waals surface area contributed by atoms with E-state index in [4.69, 9.17) is 0 Å². The molecule has 1 unspecified atom stereocenters. The van der Waals surface area contributed by atoms with Crippen molar-refractivity contribution in [2.45, 2.75) is 19.8 Å². The third-order valence-electron chi connectivity index (χ3n) is 3.99. The Morgan fingerprint density at radius 2 is 2.21 bits per heavy atom. The molecule has 2 aromatic rings. The van der Waals surface area contributed by atoms with E-state index in [1.165, 1.54) is 6.07 Å². The maximum atomic E-state index is 12.2. The lowest BCUT2D eigenvalue weighted by Gasteiger charge is -2.11. The lowest BCUT2D eigenvalue weighted by molar-refractivity contribution is -0.119. The Hall–Kier alpha value is -2.18. The van der Waals surface area contributed by atoms with E-state index >= 15 is 0 Å². The van der Waals surface area contributed by atoms with Crippen LogP contribution in [-0.4, -0.2) is 29.0 Å². The molecule has 6 nitrogen and oxygen atoms in total. The summed E-state index contributed by atoms with van der Waals surface area (Å²) in [7, 11) is 0. The van der Waals surface area contributed by atoms with Gasteiger partial charge in [-0.15, -0.1) is 12.4 Å². The Labute approximate surface area is 146 Å². The number of anilines is 1. The van der Waals surface area contributed by atoms with Crippen LogP contribution in [0.3, 0.4) is 0 Å². The Balaban J connectivity index is 0.00000208. The summed E-state index contributed by atoms with van der Waals surface area (Å²) < 4.78 is 0. The topological polar surface area (TPSA) is 86.9 Å². The normalized spacial score (nSPS) is 16.5. The van der Waals surface area contributed by atoms with Gasteiger partial charge in [0.15, 0.2) is 0 Å². The number of aromatic nitrogens is 2. The molecule has 1 fully saturated rings. The van der Waals surface area contributed by atoms with Gasteiger partial charge in [-0.05, 0) is 31.5 Å². The number of rotatable bonds is 4. The molecule has 0 spiro atoms. The largest absolute Gasteiger partial charge is 0.326 e. The molecular weight excluding hydrogens is 328 g/mol. The van der Waals surface area contributed by atoms with Gasteiger partial charge in [0.1, 0.15) is 5.82 Å². The number of halogens is 1. The molecular formula is C17H21ClN4O2. The summed E-state index contributed by atoms with van der Waals surface area (Å²) in [6.45, 7) is 3.56. The van der Waals surface area contributed by atoms with E-state index in [0.29, 0.717) is 17.9 Å². The summed E-state index contributed by atoms with van der Waals surface area (Å²) in [6.07, 6.45) is 1.56. The molecule has 24 heavy (non-hydrogen) atoms. The van der Waals surface area contributed by atoms with Gasteiger partial charge >= 0.3 is 0 Å². The van der Waals surface area contributed by atoms with Crippen molar-refractivity contribution in [3.8, 4) is 11.4 Å². The number of benzene rings is 1. The first kappa shape index (κ1) is 18.2. The summed E-state index contributed by atoms with van der Waals surface area (Å²) in [5.74, 6) is 0.559. The van der Waals surface area contributed by atoms with Gasteiger partial charge in [-0.2, -0.15) is 0 Å². The smallest absolute Gasteiger partial charge is 0.251 e. The zero-order valence-electron chi connectivity index (χ0n) is 13.5. The van der Waals surface area contributed by atoms with E-state index in [9.17, 15) is 9.59 Å². The molecule has 3 N–H and O–H groups in total. The Morgan fingerprint density at radius 3 is 2.92 bits per heavy atom. The van der Waals surface area contributed by atoms with E-state index in [0.717, 1.165) is 30.8 Å². The van der Waals surface area contributed by atoms with Crippen LogP contribution in [0.25, 0.3) is 11.4 Å². The molecule has 1 aliphatic rings. The number of carbonyl (C=O) groups is 1. The molecule has 3 rings (SSSR count). The Bertz CT molecular complexity index is 769. The van der Waals surface area contributed by atoms with E-state index in [1.54, 1.807) is 0 Å². The zero-order chi connectivity index (χ0) is 16.2. The molecule has 2 heterocycles. The quantitative estimate of drug-likeness (QED) is 0.788. The standard InChI is InChI=1S/C17H20N4O2.ClH/c1-2-13-9-15(22)21-16(19-13)11-4-3-5-14(8-11)20-17(23)12-6-7-18-10-12;/h3-5,8-9,12,18H,2,6-7,10H2,1H3,(H,20,23)(H,19,21,22);1H. The number of amides is 1. The Kier molecular flexibility index (Phi) is 6.11. The highest BCUT2D eigenvalue weighted by molar-refractivity contribution is 5.93. The van der Waals surface area contributed by atoms with Gasteiger partial charge in [0.2, 0.25) is 5.91 Å². The highest BCUT2D eigenvalue weighted by Crippen LogP contribution is 2.20. The minimum atomic E-state index is -0.168. The van der Waals surface area contributed by atoms with Crippen molar-refractivity contribution in [2.75, 3.05) is 18.4 Å². The summed E-state index contributed by atoms with van der Waals surface area (Å²) >= 11 is 0. The fourth-order valence-electron chi connectivity index (χ4n) is 2.69. The van der Waals surface area contributed by atoms with Crippen LogP contribution in [0.1, 0.15) is 19.0 Å². The second-order valence-electron chi connectivity index (χ2n) is 5.70. The van der Waals surface area contributed by atoms with Crippen molar-refractivity contribution in [1.29, 1.82) is 0 Å². The van der Waals surface area contributed by atoms with Crippen LogP contribution >= 0.6 is 12.4 Å². The zero-order valence-corrected chi connectivity index (χ0v) is 14.3. The average Bonchev–Trinajstić information content (AvgIpc) is 3.09. The lowest BCUT2D eigenvalue weighted by atomic mass is 10.1. The monoisotopic (exact) mass is 348 g/mol. The number of nitrogens with zero attached hydrogens (tertiary/aromatic N) is 1. The van der Waals surface area contributed by atoms with E-state index in [2.05, 4.69) is 20.6 Å². The third kappa shape index (κ3) is 4.21. The molecule has 1 atom stereocenters. The first-order chi connectivity index (χ1) is 11.2. The minimum Gasteiger partial charge on any atom is -0.326 e. The van der Waals surface area contributed by atoms with Crippen LogP contribution in [0.4, 0.5) is 5.69 Å². The predicted molar refractivity (Wildman–Crippen MR) is 96.5 cm³/mol. The minimum absolute atomic E-state index is 0. The number of carbonyl (C=O) groups excluding carboxylic acids is 1. The molecule has 0 radical (unpaired) electrons. The average molecular weight is 349 g/mol. The van der Waals surface area contributed by atoms with Crippen LogP contribution in [0.2, 0.25) is 0 Å². The van der Waals surface area contributed by atoms with Crippen molar-refractivity contribution in [2.24, 2.45) is 5.92 Å². The first-order valence-electron chi connectivity index (χ1n) is 7.88. The third-order valence-corrected chi connectivity index (χ3v) is 3.99. The number of hydrogen-bond donors (Lipinski definition) is 3. The van der Waals surface area contributed by atoms with E-state index in [-0.39, 0.29) is 29.8 Å². The maximum absolute atomic E-state index is 12.2. The molecule has 1 saturated heterocycles. The van der Waals surface area contributed by atoms with Crippen LogP contribution in [0, 0.1) is 5.92 Å². The molecule has 1 aromatic carbocycles. The van der Waals surface area contributed by atoms with Gasteiger partial charge in [0, 0.05) is 29.6 Å². The van der Waals surface area contributed by atoms with Crippen molar-refractivity contribution in [1.82, 2.24) is 15.3 Å². The van der Waals surface area contributed by atoms with Crippen LogP contribution in [0.5, 0.6) is 0 Å². The molecule has 128 valence electrons.